The van der Waals surface area contributed by atoms with Gasteiger partial charge >= 0.3 is 0 Å². The van der Waals surface area contributed by atoms with Crippen molar-refractivity contribution in [3.8, 4) is 0 Å². The Morgan fingerprint density at radius 1 is 1.29 bits per heavy atom. The lowest BCUT2D eigenvalue weighted by Crippen LogP contribution is -2.29. The Bertz CT molecular complexity index is 920. The number of amides is 1. The number of likely N-dealkylation sites (tertiary alicyclic amines) is 1. The number of rotatable bonds is 2. The zero-order valence-corrected chi connectivity index (χ0v) is 14.9. The average molecular weight is 385 g/mol. The normalized spacial score (nSPS) is 17.6. The Balaban J connectivity index is 1.60. The number of aromatic nitrogens is 3. The Kier molecular flexibility index (Phi) is 3.84. The number of pyridine rings is 1. The van der Waals surface area contributed by atoms with Crippen molar-refractivity contribution < 1.29 is 4.79 Å². The molecular formula is C18H17BrN4O. The molecule has 5 nitrogen and oxygen atoms in total. The summed E-state index contributed by atoms with van der Waals surface area (Å²) in [4.78, 5) is 23.3. The number of benzene rings is 1. The number of para-hydroxylation sites is 2. The fourth-order valence-electron chi connectivity index (χ4n) is 3.47. The molecule has 0 N–H and O–H groups in total. The minimum atomic E-state index is 0.0355. The van der Waals surface area contributed by atoms with Crippen LogP contribution in [0, 0.1) is 6.92 Å². The van der Waals surface area contributed by atoms with E-state index in [2.05, 4.69) is 36.5 Å². The van der Waals surface area contributed by atoms with E-state index in [1.165, 1.54) is 0 Å². The van der Waals surface area contributed by atoms with Crippen LogP contribution < -0.4 is 0 Å². The van der Waals surface area contributed by atoms with Gasteiger partial charge in [0.2, 0.25) is 0 Å². The molecule has 0 radical (unpaired) electrons. The number of fused-ring (bicyclic) bond motifs is 1. The number of hydrogen-bond donors (Lipinski definition) is 0. The van der Waals surface area contributed by atoms with Gasteiger partial charge in [-0.05, 0) is 47.5 Å². The third-order valence-electron chi connectivity index (χ3n) is 4.54. The molecule has 0 saturated carbocycles. The maximum atomic E-state index is 12.7. The smallest absolute Gasteiger partial charge is 0.255 e. The van der Waals surface area contributed by atoms with Crippen LogP contribution in [0.25, 0.3) is 11.0 Å². The molecule has 1 amide bonds. The van der Waals surface area contributed by atoms with Gasteiger partial charge in [-0.1, -0.05) is 12.1 Å². The van der Waals surface area contributed by atoms with Crippen molar-refractivity contribution in [1.82, 2.24) is 19.4 Å². The van der Waals surface area contributed by atoms with E-state index in [4.69, 9.17) is 0 Å². The second-order valence-corrected chi connectivity index (χ2v) is 7.02. The van der Waals surface area contributed by atoms with Gasteiger partial charge in [0.05, 0.1) is 22.6 Å². The van der Waals surface area contributed by atoms with Crippen molar-refractivity contribution >= 4 is 32.9 Å². The molecule has 0 spiro atoms. The largest absolute Gasteiger partial charge is 0.336 e. The minimum Gasteiger partial charge on any atom is -0.336 e. The number of carbonyl (C=O) groups excluding carboxylic acids is 1. The average Bonchev–Trinajstić information content (AvgIpc) is 3.17. The highest BCUT2D eigenvalue weighted by Crippen LogP contribution is 2.28. The molecule has 0 bridgehead atoms. The quantitative estimate of drug-likeness (QED) is 0.678. The number of aryl methyl sites for hydroxylation is 1. The highest BCUT2D eigenvalue weighted by molar-refractivity contribution is 9.10. The van der Waals surface area contributed by atoms with E-state index in [1.54, 1.807) is 12.4 Å². The van der Waals surface area contributed by atoms with Crippen LogP contribution in [0.15, 0.2) is 47.2 Å². The van der Waals surface area contributed by atoms with Gasteiger partial charge in [0, 0.05) is 30.0 Å². The van der Waals surface area contributed by atoms with Crippen LogP contribution in [0.2, 0.25) is 0 Å². The van der Waals surface area contributed by atoms with Gasteiger partial charge in [-0.3, -0.25) is 9.78 Å². The Morgan fingerprint density at radius 3 is 2.96 bits per heavy atom. The van der Waals surface area contributed by atoms with Crippen molar-refractivity contribution in [2.24, 2.45) is 0 Å². The van der Waals surface area contributed by atoms with Gasteiger partial charge < -0.3 is 9.47 Å². The molecule has 24 heavy (non-hydrogen) atoms. The second-order valence-electron chi connectivity index (χ2n) is 6.10. The summed E-state index contributed by atoms with van der Waals surface area (Å²) in [5.74, 6) is 1.04. The predicted molar refractivity (Wildman–Crippen MR) is 96.0 cm³/mol. The van der Waals surface area contributed by atoms with Gasteiger partial charge in [0.15, 0.2) is 0 Å². The Morgan fingerprint density at radius 2 is 2.12 bits per heavy atom. The fourth-order valence-corrected chi connectivity index (χ4v) is 3.84. The first kappa shape index (κ1) is 15.3. The van der Waals surface area contributed by atoms with Crippen LogP contribution in [-0.4, -0.2) is 38.4 Å². The highest BCUT2D eigenvalue weighted by Gasteiger charge is 2.30. The summed E-state index contributed by atoms with van der Waals surface area (Å²) in [6.07, 6.45) is 4.25. The maximum absolute atomic E-state index is 12.7. The lowest BCUT2D eigenvalue weighted by molar-refractivity contribution is 0.0787. The second kappa shape index (κ2) is 6.02. The van der Waals surface area contributed by atoms with Crippen LogP contribution in [0.1, 0.15) is 28.6 Å². The summed E-state index contributed by atoms with van der Waals surface area (Å²) in [5, 5.41) is 0. The summed E-state index contributed by atoms with van der Waals surface area (Å²) >= 11 is 3.37. The summed E-state index contributed by atoms with van der Waals surface area (Å²) in [6.45, 7) is 3.48. The number of imidazole rings is 1. The van der Waals surface area contributed by atoms with Gasteiger partial charge in [0.1, 0.15) is 5.82 Å². The first-order chi connectivity index (χ1) is 11.6. The predicted octanol–water partition coefficient (Wildman–Crippen LogP) is 3.59. The Labute approximate surface area is 148 Å². The van der Waals surface area contributed by atoms with Crippen LogP contribution in [0.3, 0.4) is 0 Å². The first-order valence-electron chi connectivity index (χ1n) is 7.97. The Hall–Kier alpha value is -2.21. The molecule has 1 unspecified atom stereocenters. The summed E-state index contributed by atoms with van der Waals surface area (Å²) in [6, 6.07) is 10.2. The van der Waals surface area contributed by atoms with Crippen LogP contribution in [0.4, 0.5) is 0 Å². The lowest BCUT2D eigenvalue weighted by atomic mass is 10.2. The van der Waals surface area contributed by atoms with Crippen molar-refractivity contribution in [1.29, 1.82) is 0 Å². The zero-order chi connectivity index (χ0) is 16.7. The van der Waals surface area contributed by atoms with E-state index in [1.807, 2.05) is 36.1 Å². The maximum Gasteiger partial charge on any atom is 0.255 e. The molecule has 1 aliphatic rings. The molecule has 2 aromatic heterocycles. The molecule has 0 aliphatic carbocycles. The summed E-state index contributed by atoms with van der Waals surface area (Å²) in [7, 11) is 0. The molecular weight excluding hydrogens is 368 g/mol. The highest BCUT2D eigenvalue weighted by atomic mass is 79.9. The molecule has 1 atom stereocenters. The van der Waals surface area contributed by atoms with Crippen molar-refractivity contribution in [2.75, 3.05) is 13.1 Å². The van der Waals surface area contributed by atoms with Crippen LogP contribution >= 0.6 is 15.9 Å². The number of hydrogen-bond acceptors (Lipinski definition) is 3. The first-order valence-corrected chi connectivity index (χ1v) is 8.76. The van der Waals surface area contributed by atoms with E-state index in [-0.39, 0.29) is 11.9 Å². The molecule has 1 fully saturated rings. The monoisotopic (exact) mass is 384 g/mol. The zero-order valence-electron chi connectivity index (χ0n) is 13.3. The third kappa shape index (κ3) is 2.60. The minimum absolute atomic E-state index is 0.0355. The molecule has 4 rings (SSSR count). The third-order valence-corrected chi connectivity index (χ3v) is 4.97. The van der Waals surface area contributed by atoms with E-state index in [0.29, 0.717) is 12.1 Å². The summed E-state index contributed by atoms with van der Waals surface area (Å²) in [5.41, 5.74) is 2.77. The molecule has 6 heteroatoms. The summed E-state index contributed by atoms with van der Waals surface area (Å²) < 4.78 is 3.09. The standard InChI is InChI=1S/C18H17BrN4O/c1-12-21-16-4-2-3-5-17(16)23(12)15-6-7-22(11-15)18(24)13-8-14(19)10-20-9-13/h2-5,8-10,15H,6-7,11H2,1H3. The number of halogens is 1. The molecule has 3 aromatic rings. The van der Waals surface area contributed by atoms with Gasteiger partial charge in [-0.2, -0.15) is 0 Å². The SMILES string of the molecule is Cc1nc2ccccc2n1C1CCN(C(=O)c2cncc(Br)c2)C1. The van der Waals surface area contributed by atoms with Gasteiger partial charge in [0.25, 0.3) is 5.91 Å². The van der Waals surface area contributed by atoms with Crippen molar-refractivity contribution in [2.45, 2.75) is 19.4 Å². The van der Waals surface area contributed by atoms with Crippen LogP contribution in [-0.2, 0) is 0 Å². The molecule has 1 aromatic carbocycles. The molecule has 1 saturated heterocycles. The lowest BCUT2D eigenvalue weighted by Gasteiger charge is -2.18. The fraction of sp³-hybridized carbons (Fsp3) is 0.278. The van der Waals surface area contributed by atoms with Crippen molar-refractivity contribution in [3.63, 3.8) is 0 Å². The van der Waals surface area contributed by atoms with Gasteiger partial charge in [-0.15, -0.1) is 0 Å². The van der Waals surface area contributed by atoms with E-state index >= 15 is 0 Å². The molecule has 122 valence electrons. The van der Waals surface area contributed by atoms with E-state index in [9.17, 15) is 4.79 Å². The number of carbonyl (C=O) groups is 1. The van der Waals surface area contributed by atoms with Crippen molar-refractivity contribution in [3.05, 3.63) is 58.6 Å². The molecule has 1 aliphatic heterocycles. The van der Waals surface area contributed by atoms with Gasteiger partial charge in [-0.25, -0.2) is 4.98 Å². The molecule has 3 heterocycles. The van der Waals surface area contributed by atoms with E-state index in [0.717, 1.165) is 34.3 Å². The van der Waals surface area contributed by atoms with E-state index < -0.39 is 0 Å². The van der Waals surface area contributed by atoms with Crippen LogP contribution in [0.5, 0.6) is 0 Å². The topological polar surface area (TPSA) is 51.0 Å². The number of nitrogens with zero attached hydrogens (tertiary/aromatic N) is 4.